The van der Waals surface area contributed by atoms with Gasteiger partial charge in [-0.3, -0.25) is 14.5 Å². The van der Waals surface area contributed by atoms with Crippen LogP contribution in [0.25, 0.3) is 11.0 Å². The number of amides is 1. The van der Waals surface area contributed by atoms with Crippen molar-refractivity contribution in [2.45, 2.75) is 23.1 Å². The summed E-state index contributed by atoms with van der Waals surface area (Å²) in [6.07, 6.45) is 0. The van der Waals surface area contributed by atoms with Crippen LogP contribution in [0, 0.1) is 6.92 Å². The Balaban J connectivity index is 1.46. The van der Waals surface area contributed by atoms with E-state index in [0.29, 0.717) is 26.7 Å². The van der Waals surface area contributed by atoms with Crippen LogP contribution in [0.15, 0.2) is 86.3 Å². The van der Waals surface area contributed by atoms with E-state index in [1.807, 2.05) is 37.3 Å². The predicted octanol–water partition coefficient (Wildman–Crippen LogP) is 6.65. The lowest BCUT2D eigenvalue weighted by atomic mass is 9.98. The minimum absolute atomic E-state index is 0.0232. The van der Waals surface area contributed by atoms with Crippen molar-refractivity contribution in [1.82, 2.24) is 10.2 Å². The third-order valence-corrected chi connectivity index (χ3v) is 8.36. The molecule has 0 saturated heterocycles. The summed E-state index contributed by atoms with van der Waals surface area (Å²) in [6.45, 7) is 1.91. The third-order valence-electron chi connectivity index (χ3n) is 6.00. The number of carbonyl (C=O) groups excluding carboxylic acids is 1. The molecule has 6 rings (SSSR count). The largest absolute Gasteiger partial charge is 0.450 e. The molecule has 2 aromatic heterocycles. The molecule has 0 N–H and O–H groups in total. The van der Waals surface area contributed by atoms with Crippen molar-refractivity contribution >= 4 is 56.7 Å². The SMILES string of the molecule is Cc1ccc2oc3c(c(=O)c2c1)C(c1cccc(Cl)c1)N(c1nnc(SCc2ccccc2)s1)C3=O. The van der Waals surface area contributed by atoms with Crippen LogP contribution >= 0.6 is 34.7 Å². The van der Waals surface area contributed by atoms with Crippen LogP contribution in [0.1, 0.15) is 38.9 Å². The molecule has 1 aliphatic rings. The number of hydrogen-bond acceptors (Lipinski definition) is 7. The lowest BCUT2D eigenvalue weighted by Gasteiger charge is -2.22. The fourth-order valence-corrected chi connectivity index (χ4v) is 6.38. The van der Waals surface area contributed by atoms with Gasteiger partial charge in [0.25, 0.3) is 5.91 Å². The first-order chi connectivity index (χ1) is 17.5. The Morgan fingerprint density at radius 1 is 1.03 bits per heavy atom. The summed E-state index contributed by atoms with van der Waals surface area (Å²) >= 11 is 9.16. The lowest BCUT2D eigenvalue weighted by Crippen LogP contribution is -2.29. The molecular formula is C27H18ClN3O3S2. The molecule has 178 valence electrons. The van der Waals surface area contributed by atoms with Crippen molar-refractivity contribution < 1.29 is 9.21 Å². The number of thioether (sulfide) groups is 1. The predicted molar refractivity (Wildman–Crippen MR) is 143 cm³/mol. The Kier molecular flexibility index (Phi) is 5.87. The fraction of sp³-hybridized carbons (Fsp3) is 0.111. The highest BCUT2D eigenvalue weighted by molar-refractivity contribution is 8.00. The minimum Gasteiger partial charge on any atom is -0.450 e. The first-order valence-corrected chi connectivity index (χ1v) is 13.3. The highest BCUT2D eigenvalue weighted by Gasteiger charge is 2.45. The average Bonchev–Trinajstić information content (AvgIpc) is 3.46. The fourth-order valence-electron chi connectivity index (χ4n) is 4.35. The van der Waals surface area contributed by atoms with Crippen molar-refractivity contribution in [1.29, 1.82) is 0 Å². The monoisotopic (exact) mass is 531 g/mol. The van der Waals surface area contributed by atoms with E-state index in [0.717, 1.165) is 21.2 Å². The first-order valence-electron chi connectivity index (χ1n) is 11.2. The maximum Gasteiger partial charge on any atom is 0.297 e. The molecule has 0 bridgehead atoms. The van der Waals surface area contributed by atoms with Gasteiger partial charge in [-0.1, -0.05) is 88.8 Å². The van der Waals surface area contributed by atoms with Gasteiger partial charge in [-0.05, 0) is 42.3 Å². The Hall–Kier alpha value is -3.46. The molecule has 0 radical (unpaired) electrons. The topological polar surface area (TPSA) is 76.3 Å². The number of aryl methyl sites for hydroxylation is 1. The number of nitrogens with zero attached hydrogens (tertiary/aromatic N) is 3. The zero-order valence-electron chi connectivity index (χ0n) is 19.0. The van der Waals surface area contributed by atoms with Gasteiger partial charge in [0.1, 0.15) is 5.58 Å². The summed E-state index contributed by atoms with van der Waals surface area (Å²) in [7, 11) is 0. The molecule has 0 saturated carbocycles. The molecule has 0 fully saturated rings. The van der Waals surface area contributed by atoms with E-state index in [1.165, 1.54) is 16.2 Å². The van der Waals surface area contributed by atoms with Gasteiger partial charge < -0.3 is 4.42 Å². The van der Waals surface area contributed by atoms with Gasteiger partial charge in [0.15, 0.2) is 9.77 Å². The molecule has 3 aromatic carbocycles. The van der Waals surface area contributed by atoms with Gasteiger partial charge in [0, 0.05) is 10.8 Å². The molecule has 1 atom stereocenters. The standard InChI is InChI=1S/C27H18ClN3O3S2/c1-15-10-11-20-19(12-15)23(32)21-22(17-8-5-9-18(28)13-17)31(25(33)24(21)34-20)26-29-30-27(36-26)35-14-16-6-3-2-4-7-16/h2-13,22H,14H2,1H3. The summed E-state index contributed by atoms with van der Waals surface area (Å²) in [4.78, 5) is 28.9. The second kappa shape index (κ2) is 9.20. The zero-order chi connectivity index (χ0) is 24.8. The van der Waals surface area contributed by atoms with E-state index in [4.69, 9.17) is 16.0 Å². The zero-order valence-corrected chi connectivity index (χ0v) is 21.4. The van der Waals surface area contributed by atoms with Gasteiger partial charge in [-0.15, -0.1) is 10.2 Å². The van der Waals surface area contributed by atoms with Crippen LogP contribution in [0.4, 0.5) is 5.13 Å². The highest BCUT2D eigenvalue weighted by atomic mass is 35.5. The van der Waals surface area contributed by atoms with E-state index in [9.17, 15) is 9.59 Å². The molecule has 3 heterocycles. The van der Waals surface area contributed by atoms with Gasteiger partial charge in [-0.2, -0.15) is 0 Å². The van der Waals surface area contributed by atoms with E-state index in [2.05, 4.69) is 22.3 Å². The molecule has 0 spiro atoms. The van der Waals surface area contributed by atoms with Crippen LogP contribution in [0.3, 0.4) is 0 Å². The van der Waals surface area contributed by atoms with Crippen molar-refractivity contribution in [2.75, 3.05) is 4.90 Å². The normalized spacial score (nSPS) is 15.0. The van der Waals surface area contributed by atoms with Crippen LogP contribution in [0.2, 0.25) is 5.02 Å². The summed E-state index contributed by atoms with van der Waals surface area (Å²) in [5, 5.41) is 9.98. The van der Waals surface area contributed by atoms with Crippen molar-refractivity contribution in [3.05, 3.63) is 116 Å². The summed E-state index contributed by atoms with van der Waals surface area (Å²) in [5.74, 6) is 0.326. The van der Waals surface area contributed by atoms with Gasteiger partial charge in [0.05, 0.1) is 17.0 Å². The Bertz CT molecular complexity index is 1680. The smallest absolute Gasteiger partial charge is 0.297 e. The van der Waals surface area contributed by atoms with Gasteiger partial charge in [-0.25, -0.2) is 0 Å². The highest BCUT2D eigenvalue weighted by Crippen LogP contribution is 2.43. The van der Waals surface area contributed by atoms with Crippen LogP contribution < -0.4 is 10.3 Å². The molecule has 5 aromatic rings. The Morgan fingerprint density at radius 3 is 2.67 bits per heavy atom. The summed E-state index contributed by atoms with van der Waals surface area (Å²) < 4.78 is 6.75. The minimum atomic E-state index is -0.729. The molecule has 0 aliphatic carbocycles. The van der Waals surface area contributed by atoms with Crippen molar-refractivity contribution in [3.8, 4) is 0 Å². The molecule has 9 heteroatoms. The maximum atomic E-state index is 13.7. The number of hydrogen-bond donors (Lipinski definition) is 0. The number of rotatable bonds is 5. The average molecular weight is 532 g/mol. The number of benzene rings is 3. The molecule has 1 unspecified atom stereocenters. The summed E-state index contributed by atoms with van der Waals surface area (Å²) in [5.41, 5.74) is 3.22. The Labute approximate surface area is 219 Å². The van der Waals surface area contributed by atoms with Crippen LogP contribution in [0.5, 0.6) is 0 Å². The number of halogens is 1. The molecule has 6 nitrogen and oxygen atoms in total. The van der Waals surface area contributed by atoms with Crippen molar-refractivity contribution in [3.63, 3.8) is 0 Å². The molecule has 1 aliphatic heterocycles. The maximum absolute atomic E-state index is 13.7. The van der Waals surface area contributed by atoms with Crippen LogP contribution in [-0.4, -0.2) is 16.1 Å². The van der Waals surface area contributed by atoms with Gasteiger partial charge in [0.2, 0.25) is 10.9 Å². The number of aromatic nitrogens is 2. The second-order valence-corrected chi connectivity index (χ2v) is 11.0. The molecular weight excluding hydrogens is 514 g/mol. The van der Waals surface area contributed by atoms with Crippen LogP contribution in [-0.2, 0) is 5.75 Å². The van der Waals surface area contributed by atoms with E-state index in [1.54, 1.807) is 42.1 Å². The lowest BCUT2D eigenvalue weighted by molar-refractivity contribution is 0.0970. The number of carbonyl (C=O) groups is 1. The third kappa shape index (κ3) is 4.01. The van der Waals surface area contributed by atoms with Gasteiger partial charge >= 0.3 is 0 Å². The molecule has 1 amide bonds. The second-order valence-electron chi connectivity index (χ2n) is 8.43. The quantitative estimate of drug-likeness (QED) is 0.187. The number of fused-ring (bicyclic) bond motifs is 2. The van der Waals surface area contributed by atoms with E-state index in [-0.39, 0.29) is 16.8 Å². The van der Waals surface area contributed by atoms with E-state index < -0.39 is 11.9 Å². The van der Waals surface area contributed by atoms with Crippen molar-refractivity contribution in [2.24, 2.45) is 0 Å². The Morgan fingerprint density at radius 2 is 1.86 bits per heavy atom. The number of anilines is 1. The first kappa shape index (κ1) is 23.0. The summed E-state index contributed by atoms with van der Waals surface area (Å²) in [6, 6.07) is 21.8. The molecule has 36 heavy (non-hydrogen) atoms. The van der Waals surface area contributed by atoms with E-state index >= 15 is 0 Å².